The van der Waals surface area contributed by atoms with E-state index < -0.39 is 0 Å². The molecule has 0 aromatic rings. The fraction of sp³-hybridized carbons (Fsp3) is 0.952. The van der Waals surface area contributed by atoms with Gasteiger partial charge < -0.3 is 20.3 Å². The van der Waals surface area contributed by atoms with Crippen LogP contribution >= 0.6 is 0 Å². The number of hydrogen-bond acceptors (Lipinski definition) is 5. The number of aliphatic imine (C=N–C) groups is 1. The second kappa shape index (κ2) is 11.3. The van der Waals surface area contributed by atoms with Crippen LogP contribution in [0.15, 0.2) is 4.99 Å². The molecule has 3 saturated heterocycles. The number of guanidine groups is 1. The van der Waals surface area contributed by atoms with Crippen LogP contribution in [0.1, 0.15) is 39.0 Å². The van der Waals surface area contributed by atoms with Crippen molar-refractivity contribution >= 4 is 5.96 Å². The van der Waals surface area contributed by atoms with Gasteiger partial charge in [-0.05, 0) is 65.8 Å². The van der Waals surface area contributed by atoms with Gasteiger partial charge in [-0.3, -0.25) is 14.8 Å². The van der Waals surface area contributed by atoms with Crippen molar-refractivity contribution in [3.05, 3.63) is 0 Å². The van der Waals surface area contributed by atoms with E-state index in [2.05, 4.69) is 39.3 Å². The molecule has 162 valence electrons. The summed E-state index contributed by atoms with van der Waals surface area (Å²) in [6.07, 6.45) is 6.56. The molecule has 0 radical (unpaired) electrons. The zero-order valence-electron chi connectivity index (χ0n) is 18.2. The van der Waals surface area contributed by atoms with E-state index in [1.807, 2.05) is 0 Å². The van der Waals surface area contributed by atoms with Gasteiger partial charge >= 0.3 is 0 Å². The molecule has 0 aromatic heterocycles. The summed E-state index contributed by atoms with van der Waals surface area (Å²) in [7, 11) is 2.25. The molecular formula is C21H42N6O. The molecule has 3 fully saturated rings. The third kappa shape index (κ3) is 6.31. The fourth-order valence-electron chi connectivity index (χ4n) is 4.70. The lowest BCUT2D eigenvalue weighted by atomic mass is 9.84. The Hall–Kier alpha value is -0.890. The third-order valence-electron chi connectivity index (χ3n) is 6.64. The van der Waals surface area contributed by atoms with Gasteiger partial charge in [-0.25, -0.2) is 0 Å². The summed E-state index contributed by atoms with van der Waals surface area (Å²) >= 11 is 0. The van der Waals surface area contributed by atoms with Gasteiger partial charge in [0, 0.05) is 38.3 Å². The quantitative estimate of drug-likeness (QED) is 0.493. The SMILES string of the molecule is CCNC(=NCC1(N2CCCCC2)CCN(C)CC1)NCCN1CCOCC1. The number of likely N-dealkylation sites (tertiary alicyclic amines) is 2. The summed E-state index contributed by atoms with van der Waals surface area (Å²) in [5.74, 6) is 0.978. The Labute approximate surface area is 171 Å². The van der Waals surface area contributed by atoms with Gasteiger partial charge in [-0.15, -0.1) is 0 Å². The van der Waals surface area contributed by atoms with Gasteiger partial charge in [0.25, 0.3) is 0 Å². The molecule has 28 heavy (non-hydrogen) atoms. The van der Waals surface area contributed by atoms with Crippen LogP contribution in [0.5, 0.6) is 0 Å². The number of nitrogens with zero attached hydrogens (tertiary/aromatic N) is 4. The maximum absolute atomic E-state index is 5.44. The standard InChI is InChI=1S/C21H42N6O/c1-3-22-20(23-9-14-26-15-17-28-18-16-26)24-19-21(7-12-25(2)13-8-21)27-10-5-4-6-11-27/h3-19H2,1-2H3,(H2,22,23,24). The van der Waals surface area contributed by atoms with Crippen molar-refractivity contribution in [1.29, 1.82) is 0 Å². The Kier molecular flexibility index (Phi) is 8.83. The molecule has 0 amide bonds. The van der Waals surface area contributed by atoms with E-state index in [1.54, 1.807) is 0 Å². The van der Waals surface area contributed by atoms with Crippen molar-refractivity contribution in [3.8, 4) is 0 Å². The van der Waals surface area contributed by atoms with Crippen LogP contribution in [0.4, 0.5) is 0 Å². The molecule has 0 bridgehead atoms. The highest BCUT2D eigenvalue weighted by molar-refractivity contribution is 5.79. The number of hydrogen-bond donors (Lipinski definition) is 2. The van der Waals surface area contributed by atoms with Gasteiger partial charge in [0.2, 0.25) is 0 Å². The summed E-state index contributed by atoms with van der Waals surface area (Å²) < 4.78 is 5.44. The van der Waals surface area contributed by atoms with Crippen LogP contribution in [0.25, 0.3) is 0 Å². The summed E-state index contributed by atoms with van der Waals surface area (Å²) in [6.45, 7) is 14.6. The van der Waals surface area contributed by atoms with E-state index in [0.717, 1.165) is 58.4 Å². The van der Waals surface area contributed by atoms with Gasteiger partial charge in [-0.2, -0.15) is 0 Å². The van der Waals surface area contributed by atoms with Crippen molar-refractivity contribution in [2.24, 2.45) is 4.99 Å². The molecule has 7 heteroatoms. The van der Waals surface area contributed by atoms with Crippen molar-refractivity contribution in [2.45, 2.75) is 44.6 Å². The van der Waals surface area contributed by atoms with Crippen LogP contribution in [0.3, 0.4) is 0 Å². The average Bonchev–Trinajstić information content (AvgIpc) is 2.75. The van der Waals surface area contributed by atoms with Gasteiger partial charge in [-0.1, -0.05) is 6.42 Å². The maximum Gasteiger partial charge on any atom is 0.191 e. The summed E-state index contributed by atoms with van der Waals surface area (Å²) in [6, 6.07) is 0. The Morgan fingerprint density at radius 1 is 0.964 bits per heavy atom. The van der Waals surface area contributed by atoms with Crippen molar-refractivity contribution in [2.75, 3.05) is 85.7 Å². The molecule has 0 saturated carbocycles. The Morgan fingerprint density at radius 2 is 1.68 bits per heavy atom. The van der Waals surface area contributed by atoms with Crippen LogP contribution in [0.2, 0.25) is 0 Å². The lowest BCUT2D eigenvalue weighted by Gasteiger charge is -2.49. The zero-order chi connectivity index (χ0) is 19.7. The van der Waals surface area contributed by atoms with Crippen LogP contribution in [0, 0.1) is 0 Å². The van der Waals surface area contributed by atoms with Gasteiger partial charge in [0.15, 0.2) is 5.96 Å². The van der Waals surface area contributed by atoms with Crippen molar-refractivity contribution in [3.63, 3.8) is 0 Å². The second-order valence-corrected chi connectivity index (χ2v) is 8.65. The van der Waals surface area contributed by atoms with E-state index in [0.29, 0.717) is 0 Å². The predicted molar refractivity (Wildman–Crippen MR) is 116 cm³/mol. The number of morpholine rings is 1. The first-order chi connectivity index (χ1) is 13.7. The first kappa shape index (κ1) is 21.8. The summed E-state index contributed by atoms with van der Waals surface area (Å²) in [4.78, 5) is 12.8. The second-order valence-electron chi connectivity index (χ2n) is 8.65. The Morgan fingerprint density at radius 3 is 2.36 bits per heavy atom. The van der Waals surface area contributed by atoms with Crippen molar-refractivity contribution in [1.82, 2.24) is 25.3 Å². The van der Waals surface area contributed by atoms with E-state index in [9.17, 15) is 0 Å². The normalized spacial score (nSPS) is 25.6. The minimum Gasteiger partial charge on any atom is -0.379 e. The Balaban J connectivity index is 1.57. The highest BCUT2D eigenvalue weighted by Gasteiger charge is 2.39. The molecule has 3 rings (SSSR count). The van der Waals surface area contributed by atoms with E-state index in [1.165, 1.54) is 58.3 Å². The third-order valence-corrected chi connectivity index (χ3v) is 6.64. The predicted octanol–water partition coefficient (Wildman–Crippen LogP) is 0.824. The molecule has 0 unspecified atom stereocenters. The van der Waals surface area contributed by atoms with Crippen molar-refractivity contribution < 1.29 is 4.74 Å². The minimum absolute atomic E-state index is 0.249. The lowest BCUT2D eigenvalue weighted by Crippen LogP contribution is -2.58. The number of rotatable bonds is 7. The largest absolute Gasteiger partial charge is 0.379 e. The van der Waals surface area contributed by atoms with Gasteiger partial charge in [0.1, 0.15) is 0 Å². The van der Waals surface area contributed by atoms with Crippen LogP contribution < -0.4 is 10.6 Å². The molecule has 7 nitrogen and oxygen atoms in total. The fourth-order valence-corrected chi connectivity index (χ4v) is 4.70. The molecule has 0 spiro atoms. The Bertz CT molecular complexity index is 466. The molecule has 0 atom stereocenters. The molecule has 3 aliphatic heterocycles. The lowest BCUT2D eigenvalue weighted by molar-refractivity contribution is 0.0208. The molecule has 3 heterocycles. The molecule has 0 aromatic carbocycles. The summed E-state index contributed by atoms with van der Waals surface area (Å²) in [5, 5.41) is 7.02. The number of piperidine rings is 2. The summed E-state index contributed by atoms with van der Waals surface area (Å²) in [5.41, 5.74) is 0.249. The maximum atomic E-state index is 5.44. The van der Waals surface area contributed by atoms with Gasteiger partial charge in [0.05, 0.1) is 19.8 Å². The van der Waals surface area contributed by atoms with E-state index in [4.69, 9.17) is 9.73 Å². The number of nitrogens with one attached hydrogen (secondary N) is 2. The first-order valence-electron chi connectivity index (χ1n) is 11.5. The highest BCUT2D eigenvalue weighted by atomic mass is 16.5. The molecule has 3 aliphatic rings. The number of ether oxygens (including phenoxy) is 1. The van der Waals surface area contributed by atoms with E-state index in [-0.39, 0.29) is 5.54 Å². The van der Waals surface area contributed by atoms with Crippen LogP contribution in [-0.2, 0) is 4.74 Å². The molecule has 2 N–H and O–H groups in total. The first-order valence-corrected chi connectivity index (χ1v) is 11.5. The minimum atomic E-state index is 0.249. The topological polar surface area (TPSA) is 55.4 Å². The monoisotopic (exact) mass is 394 g/mol. The van der Waals surface area contributed by atoms with Crippen LogP contribution in [-0.4, -0.2) is 112 Å². The average molecular weight is 395 g/mol. The zero-order valence-corrected chi connectivity index (χ0v) is 18.2. The smallest absolute Gasteiger partial charge is 0.191 e. The highest BCUT2D eigenvalue weighted by Crippen LogP contribution is 2.31. The molecular weight excluding hydrogens is 352 g/mol. The molecule has 0 aliphatic carbocycles. The van der Waals surface area contributed by atoms with E-state index >= 15 is 0 Å².